The van der Waals surface area contributed by atoms with Crippen molar-refractivity contribution >= 4 is 0 Å². The Kier molecular flexibility index (Phi) is 2.27. The number of nitrogens with zero attached hydrogens (tertiary/aromatic N) is 2. The Morgan fingerprint density at radius 2 is 1.75 bits per heavy atom. The number of nitrogens with one attached hydrogen (secondary N) is 1. The number of hydrogen-bond acceptors (Lipinski definition) is 3. The van der Waals surface area contributed by atoms with Gasteiger partial charge in [-0.15, -0.1) is 0 Å². The van der Waals surface area contributed by atoms with Crippen LogP contribution in [-0.2, 0) is 25.2 Å². The zero-order chi connectivity index (χ0) is 13.3. The molecule has 4 fully saturated rings. The second-order valence-electron chi connectivity index (χ2n) is 7.73. The Morgan fingerprint density at radius 1 is 1.10 bits per heavy atom. The van der Waals surface area contributed by atoms with Gasteiger partial charge in [-0.3, -0.25) is 4.68 Å². The van der Waals surface area contributed by atoms with E-state index in [0.717, 1.165) is 36.5 Å². The lowest BCUT2D eigenvalue weighted by Gasteiger charge is -2.57. The number of aromatic nitrogens is 2. The molecular formula is C16H24N4. The Hall–Kier alpha value is -0.870. The summed E-state index contributed by atoms with van der Waals surface area (Å²) in [6.07, 6.45) is 8.59. The maximum Gasteiger partial charge on any atom is 0.0808 e. The number of fused-ring (bicyclic) bond motifs is 1. The van der Waals surface area contributed by atoms with Crippen molar-refractivity contribution in [2.45, 2.75) is 63.7 Å². The van der Waals surface area contributed by atoms with Crippen LogP contribution >= 0.6 is 0 Å². The summed E-state index contributed by atoms with van der Waals surface area (Å²) in [6.45, 7) is 2.54. The van der Waals surface area contributed by atoms with Crippen LogP contribution in [-0.4, -0.2) is 9.78 Å². The lowest BCUT2D eigenvalue weighted by Crippen LogP contribution is -2.52. The van der Waals surface area contributed by atoms with Crippen LogP contribution in [0.25, 0.3) is 0 Å². The van der Waals surface area contributed by atoms with E-state index in [0.29, 0.717) is 12.1 Å². The highest BCUT2D eigenvalue weighted by atomic mass is 15.4. The first-order valence-corrected chi connectivity index (χ1v) is 8.28. The number of rotatable bonds is 2. The number of hydrogen-bond donors (Lipinski definition) is 2. The fourth-order valence-electron chi connectivity index (χ4n) is 6.11. The van der Waals surface area contributed by atoms with E-state index in [2.05, 4.69) is 10.00 Å². The molecule has 1 aromatic rings. The summed E-state index contributed by atoms with van der Waals surface area (Å²) >= 11 is 0. The maximum atomic E-state index is 5.92. The molecule has 0 amide bonds. The normalized spacial score (nSPS) is 41.4. The van der Waals surface area contributed by atoms with Gasteiger partial charge in [0.2, 0.25) is 0 Å². The highest BCUT2D eigenvalue weighted by Crippen LogP contribution is 2.59. The second kappa shape index (κ2) is 3.86. The van der Waals surface area contributed by atoms with Crippen molar-refractivity contribution in [1.82, 2.24) is 15.1 Å². The van der Waals surface area contributed by atoms with Crippen molar-refractivity contribution in [2.24, 2.45) is 23.5 Å². The molecule has 20 heavy (non-hydrogen) atoms. The van der Waals surface area contributed by atoms with Crippen molar-refractivity contribution < 1.29 is 0 Å². The minimum atomic E-state index is 0.346. The molecule has 2 heterocycles. The average Bonchev–Trinajstić information content (AvgIpc) is 2.97. The van der Waals surface area contributed by atoms with Gasteiger partial charge in [0.25, 0.3) is 0 Å². The van der Waals surface area contributed by atoms with E-state index in [1.54, 1.807) is 0 Å². The molecular weight excluding hydrogens is 248 g/mol. The first kappa shape index (κ1) is 11.8. The fourth-order valence-corrected chi connectivity index (χ4v) is 6.11. The largest absolute Gasteiger partial charge is 0.325 e. The third-order valence-corrected chi connectivity index (χ3v) is 6.42. The van der Waals surface area contributed by atoms with Gasteiger partial charge < -0.3 is 11.1 Å². The van der Waals surface area contributed by atoms with E-state index < -0.39 is 0 Å². The minimum absolute atomic E-state index is 0.346. The van der Waals surface area contributed by atoms with Crippen molar-refractivity contribution in [3.63, 3.8) is 0 Å². The zero-order valence-corrected chi connectivity index (χ0v) is 12.1. The summed E-state index contributed by atoms with van der Waals surface area (Å²) < 4.78 is 2.45. The van der Waals surface area contributed by atoms with Gasteiger partial charge in [0, 0.05) is 25.2 Å². The van der Waals surface area contributed by atoms with E-state index in [9.17, 15) is 0 Å². The zero-order valence-electron chi connectivity index (χ0n) is 12.1. The Labute approximate surface area is 120 Å². The molecule has 3 N–H and O–H groups in total. The summed E-state index contributed by atoms with van der Waals surface area (Å²) in [7, 11) is 0. The van der Waals surface area contributed by atoms with Crippen molar-refractivity contribution in [3.05, 3.63) is 17.0 Å². The maximum absolute atomic E-state index is 5.92. The highest BCUT2D eigenvalue weighted by molar-refractivity contribution is 5.31. The van der Waals surface area contributed by atoms with Gasteiger partial charge in [-0.05, 0) is 56.3 Å². The van der Waals surface area contributed by atoms with Gasteiger partial charge in [0.05, 0.1) is 16.9 Å². The summed E-state index contributed by atoms with van der Waals surface area (Å²) in [5.74, 6) is 2.91. The molecule has 4 bridgehead atoms. The minimum Gasteiger partial charge on any atom is -0.325 e. The van der Waals surface area contributed by atoms with Crippen LogP contribution in [0.15, 0.2) is 0 Å². The van der Waals surface area contributed by atoms with E-state index in [-0.39, 0.29) is 0 Å². The molecule has 108 valence electrons. The lowest BCUT2D eigenvalue weighted by molar-refractivity contribution is -0.0509. The van der Waals surface area contributed by atoms with Gasteiger partial charge in [-0.2, -0.15) is 5.10 Å². The van der Waals surface area contributed by atoms with E-state index in [1.807, 2.05) is 0 Å². The van der Waals surface area contributed by atoms with Gasteiger partial charge in [-0.1, -0.05) is 0 Å². The second-order valence-corrected chi connectivity index (χ2v) is 7.73. The molecule has 4 nitrogen and oxygen atoms in total. The molecule has 0 aromatic carbocycles. The quantitative estimate of drug-likeness (QED) is 0.864. The van der Waals surface area contributed by atoms with Crippen LogP contribution in [0.2, 0.25) is 0 Å². The summed E-state index contributed by atoms with van der Waals surface area (Å²) in [5.41, 5.74) is 10.3. The Bertz CT molecular complexity index is 524. The van der Waals surface area contributed by atoms with Crippen molar-refractivity contribution in [1.29, 1.82) is 0 Å². The van der Waals surface area contributed by atoms with Crippen molar-refractivity contribution in [3.8, 4) is 0 Å². The predicted molar refractivity (Wildman–Crippen MR) is 76.8 cm³/mol. The molecule has 1 aromatic heterocycles. The summed E-state index contributed by atoms with van der Waals surface area (Å²) in [5, 5.41) is 8.49. The molecule has 6 rings (SSSR count). The van der Waals surface area contributed by atoms with Crippen molar-refractivity contribution in [2.75, 3.05) is 0 Å². The van der Waals surface area contributed by atoms with Gasteiger partial charge in [0.15, 0.2) is 0 Å². The van der Waals surface area contributed by atoms with Crippen LogP contribution in [0.3, 0.4) is 0 Å². The first-order chi connectivity index (χ1) is 9.77. The molecule has 0 radical (unpaired) electrons. The SMILES string of the molecule is NCc1nn(C23CC4CC(CC(C4)C2)C3)c2c1CNC2. The molecule has 4 aliphatic carbocycles. The molecule has 5 aliphatic rings. The Morgan fingerprint density at radius 3 is 2.35 bits per heavy atom. The van der Waals surface area contributed by atoms with Gasteiger partial charge in [0.1, 0.15) is 0 Å². The molecule has 0 saturated heterocycles. The third kappa shape index (κ3) is 1.41. The monoisotopic (exact) mass is 272 g/mol. The van der Waals surface area contributed by atoms with Gasteiger partial charge in [-0.25, -0.2) is 0 Å². The molecule has 4 saturated carbocycles. The van der Waals surface area contributed by atoms with Crippen LogP contribution in [0.4, 0.5) is 0 Å². The number of nitrogens with two attached hydrogens (primary N) is 1. The highest BCUT2D eigenvalue weighted by Gasteiger charge is 2.53. The molecule has 1 aliphatic heterocycles. The fraction of sp³-hybridized carbons (Fsp3) is 0.812. The van der Waals surface area contributed by atoms with Crippen LogP contribution < -0.4 is 11.1 Å². The molecule has 0 atom stereocenters. The first-order valence-electron chi connectivity index (χ1n) is 8.28. The molecule has 0 unspecified atom stereocenters. The predicted octanol–water partition coefficient (Wildman–Crippen LogP) is 1.87. The van der Waals surface area contributed by atoms with Crippen LogP contribution in [0.5, 0.6) is 0 Å². The van der Waals surface area contributed by atoms with Crippen LogP contribution in [0.1, 0.15) is 55.5 Å². The molecule has 0 spiro atoms. The van der Waals surface area contributed by atoms with Gasteiger partial charge >= 0.3 is 0 Å². The summed E-state index contributed by atoms with van der Waals surface area (Å²) in [6, 6.07) is 0. The molecule has 4 heteroatoms. The van der Waals surface area contributed by atoms with E-state index >= 15 is 0 Å². The van der Waals surface area contributed by atoms with Crippen LogP contribution in [0, 0.1) is 17.8 Å². The van der Waals surface area contributed by atoms with E-state index in [4.69, 9.17) is 10.8 Å². The Balaban J connectivity index is 1.63. The van der Waals surface area contributed by atoms with E-state index in [1.165, 1.54) is 49.8 Å². The average molecular weight is 272 g/mol. The third-order valence-electron chi connectivity index (χ3n) is 6.42. The summed E-state index contributed by atoms with van der Waals surface area (Å²) in [4.78, 5) is 0. The smallest absolute Gasteiger partial charge is 0.0808 e. The lowest BCUT2D eigenvalue weighted by atomic mass is 9.53. The topological polar surface area (TPSA) is 55.9 Å². The standard InChI is InChI=1S/C16H24N4/c17-7-14-13-8-18-9-15(13)20(19-14)16-4-10-1-11(5-16)3-12(2-10)6-16/h10-12,18H,1-9,17H2.